The van der Waals surface area contributed by atoms with Gasteiger partial charge in [0.05, 0.1) is 0 Å². The predicted molar refractivity (Wildman–Crippen MR) is 86.6 cm³/mol. The van der Waals surface area contributed by atoms with Crippen LogP contribution in [0, 0.1) is 0 Å². The molecule has 2 rings (SSSR count). The molecule has 0 spiro atoms. The van der Waals surface area contributed by atoms with E-state index in [1.165, 1.54) is 0 Å². The largest absolute Gasteiger partial charge is 0.370 e. The lowest BCUT2D eigenvalue weighted by Crippen LogP contribution is -2.38. The lowest BCUT2D eigenvalue weighted by atomic mass is 10.3. The molecule has 1 atom stereocenters. The minimum Gasteiger partial charge on any atom is -0.370 e. The molecule has 0 bridgehead atoms. The van der Waals surface area contributed by atoms with Crippen LogP contribution in [0.3, 0.4) is 0 Å². The van der Waals surface area contributed by atoms with Crippen molar-refractivity contribution in [3.8, 4) is 0 Å². The summed E-state index contributed by atoms with van der Waals surface area (Å²) in [6.45, 7) is 0. The fourth-order valence-electron chi connectivity index (χ4n) is 2.41. The minimum absolute atomic E-state index is 0.351. The zero-order valence-corrected chi connectivity index (χ0v) is 12.8. The highest BCUT2D eigenvalue weighted by Gasteiger charge is 2.41. The first kappa shape index (κ1) is 16.0. The maximum absolute atomic E-state index is 13.8. The highest BCUT2D eigenvalue weighted by atomic mass is 31.2. The zero-order chi connectivity index (χ0) is 16.2. The maximum Gasteiger partial charge on any atom is 0.229 e. The molecule has 0 aliphatic carbocycles. The van der Waals surface area contributed by atoms with Crippen LogP contribution >= 0.6 is 7.14 Å². The lowest BCUT2D eigenvalue weighted by Gasteiger charge is -2.25. The SMILES string of the molecule is NC(=O)CC(C(N)=O)P(=O)(c1ccccc1)c1ccccc1. The summed E-state index contributed by atoms with van der Waals surface area (Å²) in [6.07, 6.45) is -0.351. The van der Waals surface area contributed by atoms with Gasteiger partial charge in [0.25, 0.3) is 0 Å². The van der Waals surface area contributed by atoms with E-state index in [2.05, 4.69) is 0 Å². The summed E-state index contributed by atoms with van der Waals surface area (Å²) in [6, 6.07) is 17.2. The monoisotopic (exact) mass is 316 g/mol. The number of primary amides is 2. The molecule has 1 unspecified atom stereocenters. The smallest absolute Gasteiger partial charge is 0.229 e. The Hall–Kier alpha value is -2.39. The molecule has 0 radical (unpaired) electrons. The van der Waals surface area contributed by atoms with E-state index in [1.54, 1.807) is 60.7 Å². The molecular weight excluding hydrogens is 299 g/mol. The molecule has 4 N–H and O–H groups in total. The number of nitrogens with two attached hydrogens (primary N) is 2. The summed E-state index contributed by atoms with van der Waals surface area (Å²) in [5.74, 6) is -1.51. The van der Waals surface area contributed by atoms with Crippen LogP contribution in [0.15, 0.2) is 60.7 Å². The second kappa shape index (κ2) is 6.58. The van der Waals surface area contributed by atoms with Crippen molar-refractivity contribution in [2.24, 2.45) is 11.5 Å². The van der Waals surface area contributed by atoms with Crippen molar-refractivity contribution in [1.29, 1.82) is 0 Å². The van der Waals surface area contributed by atoms with E-state index < -0.39 is 24.6 Å². The summed E-state index contributed by atoms with van der Waals surface area (Å²) in [5.41, 5.74) is 9.49. The average Bonchev–Trinajstić information content (AvgIpc) is 2.53. The van der Waals surface area contributed by atoms with E-state index in [-0.39, 0.29) is 6.42 Å². The maximum atomic E-state index is 13.8. The van der Waals surface area contributed by atoms with Gasteiger partial charge < -0.3 is 16.0 Å². The fraction of sp³-hybridized carbons (Fsp3) is 0.125. The third-order valence-electron chi connectivity index (χ3n) is 3.44. The van der Waals surface area contributed by atoms with Crippen LogP contribution in [0.5, 0.6) is 0 Å². The molecule has 22 heavy (non-hydrogen) atoms. The van der Waals surface area contributed by atoms with Gasteiger partial charge in [0.1, 0.15) is 5.66 Å². The summed E-state index contributed by atoms with van der Waals surface area (Å²) >= 11 is 0. The normalized spacial score (nSPS) is 12.5. The average molecular weight is 316 g/mol. The Morgan fingerprint density at radius 1 is 0.864 bits per heavy atom. The Morgan fingerprint density at radius 2 is 1.27 bits per heavy atom. The van der Waals surface area contributed by atoms with Gasteiger partial charge in [-0.2, -0.15) is 0 Å². The number of amides is 2. The molecular formula is C16H17N2O3P. The van der Waals surface area contributed by atoms with Crippen molar-refractivity contribution in [1.82, 2.24) is 0 Å². The molecule has 2 amide bonds. The van der Waals surface area contributed by atoms with Gasteiger partial charge in [-0.25, -0.2) is 0 Å². The van der Waals surface area contributed by atoms with E-state index in [0.717, 1.165) is 0 Å². The molecule has 0 heterocycles. The van der Waals surface area contributed by atoms with Crippen molar-refractivity contribution < 1.29 is 14.2 Å². The van der Waals surface area contributed by atoms with Crippen LogP contribution in [0.1, 0.15) is 6.42 Å². The van der Waals surface area contributed by atoms with Gasteiger partial charge in [0.2, 0.25) is 11.8 Å². The van der Waals surface area contributed by atoms with E-state index in [0.29, 0.717) is 10.6 Å². The quantitative estimate of drug-likeness (QED) is 0.768. The minimum atomic E-state index is -3.42. The van der Waals surface area contributed by atoms with Crippen LogP contribution in [0.25, 0.3) is 0 Å². The molecule has 0 aliphatic rings. The molecule has 0 aliphatic heterocycles. The summed E-state index contributed by atoms with van der Waals surface area (Å²) < 4.78 is 13.8. The predicted octanol–water partition coefficient (Wildman–Crippen LogP) is 0.730. The number of carbonyl (C=O) groups excluding carboxylic acids is 2. The third-order valence-corrected chi connectivity index (χ3v) is 6.89. The lowest BCUT2D eigenvalue weighted by molar-refractivity contribution is -0.122. The topological polar surface area (TPSA) is 103 Å². The third kappa shape index (κ3) is 3.10. The van der Waals surface area contributed by atoms with Crippen LogP contribution in [-0.2, 0) is 14.2 Å². The van der Waals surface area contributed by atoms with Crippen molar-refractivity contribution in [3.05, 3.63) is 60.7 Å². The van der Waals surface area contributed by atoms with Crippen molar-refractivity contribution in [2.45, 2.75) is 12.1 Å². The Morgan fingerprint density at radius 3 is 1.59 bits per heavy atom. The number of carbonyl (C=O) groups is 2. The summed E-state index contributed by atoms with van der Waals surface area (Å²) in [4.78, 5) is 23.2. The van der Waals surface area contributed by atoms with Gasteiger partial charge in [-0.3, -0.25) is 9.59 Å². The number of hydrogen-bond acceptors (Lipinski definition) is 3. The number of benzene rings is 2. The Bertz CT molecular complexity index is 673. The zero-order valence-electron chi connectivity index (χ0n) is 11.9. The van der Waals surface area contributed by atoms with Gasteiger partial charge in [-0.15, -0.1) is 0 Å². The highest BCUT2D eigenvalue weighted by Crippen LogP contribution is 2.49. The van der Waals surface area contributed by atoms with Crippen LogP contribution in [0.4, 0.5) is 0 Å². The van der Waals surface area contributed by atoms with Gasteiger partial charge in [0.15, 0.2) is 7.14 Å². The Labute approximate surface area is 128 Å². The second-order valence-corrected chi connectivity index (χ2v) is 7.89. The van der Waals surface area contributed by atoms with Crippen LogP contribution in [0.2, 0.25) is 0 Å². The van der Waals surface area contributed by atoms with Gasteiger partial charge in [-0.05, 0) is 0 Å². The molecule has 0 saturated heterocycles. The first-order valence-corrected chi connectivity index (χ1v) is 8.52. The number of rotatable bonds is 6. The summed E-state index contributed by atoms with van der Waals surface area (Å²) in [5, 5.41) is 0.956. The Balaban J connectivity index is 2.67. The molecule has 2 aromatic rings. The number of hydrogen-bond donors (Lipinski definition) is 2. The van der Waals surface area contributed by atoms with Gasteiger partial charge >= 0.3 is 0 Å². The second-order valence-electron chi connectivity index (χ2n) is 4.92. The Kier molecular flexibility index (Phi) is 4.78. The van der Waals surface area contributed by atoms with Crippen molar-refractivity contribution in [3.63, 3.8) is 0 Å². The molecule has 0 saturated carbocycles. The molecule has 0 fully saturated rings. The van der Waals surface area contributed by atoms with Crippen molar-refractivity contribution >= 4 is 29.6 Å². The molecule has 2 aromatic carbocycles. The van der Waals surface area contributed by atoms with Gasteiger partial charge in [0, 0.05) is 17.0 Å². The first-order valence-electron chi connectivity index (χ1n) is 6.75. The van der Waals surface area contributed by atoms with E-state index in [9.17, 15) is 14.2 Å². The van der Waals surface area contributed by atoms with E-state index in [1.807, 2.05) is 0 Å². The van der Waals surface area contributed by atoms with Crippen molar-refractivity contribution in [2.75, 3.05) is 0 Å². The van der Waals surface area contributed by atoms with E-state index in [4.69, 9.17) is 11.5 Å². The molecule has 0 aromatic heterocycles. The summed E-state index contributed by atoms with van der Waals surface area (Å²) in [7, 11) is -3.42. The molecule has 114 valence electrons. The molecule has 6 heteroatoms. The van der Waals surface area contributed by atoms with E-state index >= 15 is 0 Å². The first-order chi connectivity index (χ1) is 10.5. The van der Waals surface area contributed by atoms with Crippen LogP contribution < -0.4 is 22.1 Å². The standard InChI is InChI=1S/C16H17N2O3P/c17-15(19)11-14(16(18)20)22(21,12-7-3-1-4-8-12)13-9-5-2-6-10-13/h1-10,14H,11H2,(H2,17,19)(H2,18,20). The highest BCUT2D eigenvalue weighted by molar-refractivity contribution is 7.80. The van der Waals surface area contributed by atoms with Crippen LogP contribution in [-0.4, -0.2) is 17.5 Å². The fourth-order valence-corrected chi connectivity index (χ4v) is 5.45. The van der Waals surface area contributed by atoms with Gasteiger partial charge in [-0.1, -0.05) is 60.7 Å². The molecule has 5 nitrogen and oxygen atoms in total.